The van der Waals surface area contributed by atoms with Crippen LogP contribution in [0.3, 0.4) is 0 Å². The standard InChI is InChI=1S/C23H26N2O4/c26-20(18-6-8-21-22(14-18)29-13-12-28-21)7-9-23(27)24-19-10-11-25(16-19)15-17-4-2-1-3-5-17/h1-6,8,14,19H,7,9-13,15-16H2,(H,24,27). The molecule has 2 aromatic rings. The van der Waals surface area contributed by atoms with E-state index in [-0.39, 0.29) is 30.6 Å². The lowest BCUT2D eigenvalue weighted by atomic mass is 10.1. The number of nitrogens with one attached hydrogen (secondary N) is 1. The number of hydrogen-bond donors (Lipinski definition) is 1. The summed E-state index contributed by atoms with van der Waals surface area (Å²) in [7, 11) is 0. The first kappa shape index (κ1) is 19.5. The molecule has 6 heteroatoms. The Kier molecular flexibility index (Phi) is 6.10. The normalized spacial score (nSPS) is 18.4. The summed E-state index contributed by atoms with van der Waals surface area (Å²) in [4.78, 5) is 27.1. The Morgan fingerprint density at radius 2 is 1.79 bits per heavy atom. The predicted molar refractivity (Wildman–Crippen MR) is 109 cm³/mol. The maximum atomic E-state index is 12.4. The van der Waals surface area contributed by atoms with E-state index in [0.717, 1.165) is 26.1 Å². The van der Waals surface area contributed by atoms with Crippen molar-refractivity contribution in [3.05, 3.63) is 59.7 Å². The molecule has 29 heavy (non-hydrogen) atoms. The number of carbonyl (C=O) groups is 2. The number of carbonyl (C=O) groups excluding carboxylic acids is 2. The number of hydrogen-bond acceptors (Lipinski definition) is 5. The molecular weight excluding hydrogens is 368 g/mol. The highest BCUT2D eigenvalue weighted by Gasteiger charge is 2.24. The third-order valence-corrected chi connectivity index (χ3v) is 5.33. The highest BCUT2D eigenvalue weighted by atomic mass is 16.6. The molecule has 6 nitrogen and oxygen atoms in total. The zero-order valence-electron chi connectivity index (χ0n) is 16.4. The third kappa shape index (κ3) is 5.15. The molecule has 0 bridgehead atoms. The summed E-state index contributed by atoms with van der Waals surface area (Å²) in [5.74, 6) is 1.12. The van der Waals surface area contributed by atoms with Crippen LogP contribution >= 0.6 is 0 Å². The van der Waals surface area contributed by atoms with Crippen molar-refractivity contribution in [2.75, 3.05) is 26.3 Å². The van der Waals surface area contributed by atoms with E-state index in [2.05, 4.69) is 22.3 Å². The molecule has 0 aromatic heterocycles. The number of ketones is 1. The fourth-order valence-electron chi connectivity index (χ4n) is 3.82. The first-order valence-electron chi connectivity index (χ1n) is 10.2. The van der Waals surface area contributed by atoms with E-state index in [1.54, 1.807) is 18.2 Å². The lowest BCUT2D eigenvalue weighted by Gasteiger charge is -2.18. The van der Waals surface area contributed by atoms with Crippen LogP contribution in [-0.4, -0.2) is 48.9 Å². The van der Waals surface area contributed by atoms with E-state index >= 15 is 0 Å². The molecule has 4 rings (SSSR count). The summed E-state index contributed by atoms with van der Waals surface area (Å²) in [5.41, 5.74) is 1.83. The van der Waals surface area contributed by atoms with Crippen LogP contribution in [0.4, 0.5) is 0 Å². The summed E-state index contributed by atoms with van der Waals surface area (Å²) in [6.45, 7) is 3.71. The van der Waals surface area contributed by atoms with Gasteiger partial charge in [-0.3, -0.25) is 14.5 Å². The summed E-state index contributed by atoms with van der Waals surface area (Å²) in [6.07, 6.45) is 1.32. The number of Topliss-reactive ketones (excluding diaryl/α,β-unsaturated/α-hetero) is 1. The Balaban J connectivity index is 1.21. The predicted octanol–water partition coefficient (Wildman–Crippen LogP) is 2.81. The number of likely N-dealkylation sites (tertiary alicyclic amines) is 1. The first-order valence-corrected chi connectivity index (χ1v) is 10.2. The molecule has 1 N–H and O–H groups in total. The Bertz CT molecular complexity index is 868. The minimum atomic E-state index is -0.0672. The highest BCUT2D eigenvalue weighted by molar-refractivity contribution is 5.98. The minimum absolute atomic E-state index is 0.0609. The molecule has 1 fully saturated rings. The lowest BCUT2D eigenvalue weighted by molar-refractivity contribution is -0.121. The maximum Gasteiger partial charge on any atom is 0.220 e. The van der Waals surface area contributed by atoms with Crippen LogP contribution in [-0.2, 0) is 11.3 Å². The third-order valence-electron chi connectivity index (χ3n) is 5.33. The Hall–Kier alpha value is -2.86. The van der Waals surface area contributed by atoms with Gasteiger partial charge in [-0.2, -0.15) is 0 Å². The van der Waals surface area contributed by atoms with Gasteiger partial charge in [-0.15, -0.1) is 0 Å². The van der Waals surface area contributed by atoms with Crippen LogP contribution in [0.15, 0.2) is 48.5 Å². The highest BCUT2D eigenvalue weighted by Crippen LogP contribution is 2.31. The monoisotopic (exact) mass is 394 g/mol. The number of rotatable bonds is 7. The van der Waals surface area contributed by atoms with Crippen molar-refractivity contribution >= 4 is 11.7 Å². The van der Waals surface area contributed by atoms with Crippen molar-refractivity contribution in [2.45, 2.75) is 31.8 Å². The number of fused-ring (bicyclic) bond motifs is 1. The molecule has 152 valence electrons. The molecule has 0 saturated carbocycles. The van der Waals surface area contributed by atoms with E-state index in [9.17, 15) is 9.59 Å². The van der Waals surface area contributed by atoms with Gasteiger partial charge in [-0.05, 0) is 30.2 Å². The zero-order chi connectivity index (χ0) is 20.1. The molecule has 1 atom stereocenters. The van der Waals surface area contributed by atoms with Gasteiger partial charge >= 0.3 is 0 Å². The van der Waals surface area contributed by atoms with Gasteiger partial charge in [0.15, 0.2) is 17.3 Å². The molecule has 2 aliphatic rings. The van der Waals surface area contributed by atoms with Crippen LogP contribution in [0, 0.1) is 0 Å². The molecule has 0 aliphatic carbocycles. The van der Waals surface area contributed by atoms with Crippen LogP contribution in [0.25, 0.3) is 0 Å². The smallest absolute Gasteiger partial charge is 0.220 e. The SMILES string of the molecule is O=C(CCC(=O)c1ccc2c(c1)OCCO2)NC1CCN(Cc2ccccc2)C1. The largest absolute Gasteiger partial charge is 0.486 e. The van der Waals surface area contributed by atoms with Crippen LogP contribution < -0.4 is 14.8 Å². The summed E-state index contributed by atoms with van der Waals surface area (Å²) < 4.78 is 11.0. The molecule has 2 aliphatic heterocycles. The van der Waals surface area contributed by atoms with Crippen molar-refractivity contribution < 1.29 is 19.1 Å². The Labute approximate surface area is 170 Å². The molecular formula is C23H26N2O4. The Morgan fingerprint density at radius 1 is 1.00 bits per heavy atom. The maximum absolute atomic E-state index is 12.4. The quantitative estimate of drug-likeness (QED) is 0.732. The summed E-state index contributed by atoms with van der Waals surface area (Å²) >= 11 is 0. The molecule has 1 unspecified atom stereocenters. The van der Waals surface area contributed by atoms with E-state index in [0.29, 0.717) is 30.3 Å². The van der Waals surface area contributed by atoms with Gasteiger partial charge in [0.05, 0.1) is 0 Å². The molecule has 0 spiro atoms. The average Bonchev–Trinajstić information content (AvgIpc) is 3.19. The van der Waals surface area contributed by atoms with Crippen molar-refractivity contribution in [1.29, 1.82) is 0 Å². The zero-order valence-corrected chi connectivity index (χ0v) is 16.4. The minimum Gasteiger partial charge on any atom is -0.486 e. The van der Waals surface area contributed by atoms with Crippen molar-refractivity contribution in [3.63, 3.8) is 0 Å². The second-order valence-electron chi connectivity index (χ2n) is 7.56. The number of nitrogens with zero attached hydrogens (tertiary/aromatic N) is 1. The van der Waals surface area contributed by atoms with E-state index < -0.39 is 0 Å². The van der Waals surface area contributed by atoms with Gasteiger partial charge in [0.1, 0.15) is 13.2 Å². The number of ether oxygens (including phenoxy) is 2. The Morgan fingerprint density at radius 3 is 2.62 bits per heavy atom. The topological polar surface area (TPSA) is 67.9 Å². The molecule has 2 heterocycles. The number of benzene rings is 2. The van der Waals surface area contributed by atoms with Crippen molar-refractivity contribution in [3.8, 4) is 11.5 Å². The van der Waals surface area contributed by atoms with Crippen molar-refractivity contribution in [2.24, 2.45) is 0 Å². The van der Waals surface area contributed by atoms with Gasteiger partial charge in [-0.25, -0.2) is 0 Å². The number of amides is 1. The fraction of sp³-hybridized carbons (Fsp3) is 0.391. The van der Waals surface area contributed by atoms with E-state index in [1.807, 2.05) is 18.2 Å². The van der Waals surface area contributed by atoms with E-state index in [1.165, 1.54) is 5.56 Å². The molecule has 2 aromatic carbocycles. The van der Waals surface area contributed by atoms with Crippen LogP contribution in [0.1, 0.15) is 35.2 Å². The summed E-state index contributed by atoms with van der Waals surface area (Å²) in [5, 5.41) is 3.07. The van der Waals surface area contributed by atoms with Crippen LogP contribution in [0.2, 0.25) is 0 Å². The van der Waals surface area contributed by atoms with Gasteiger partial charge in [0.25, 0.3) is 0 Å². The summed E-state index contributed by atoms with van der Waals surface area (Å²) in [6, 6.07) is 15.7. The second kappa shape index (κ2) is 9.09. The van der Waals surface area contributed by atoms with Gasteiger partial charge in [0.2, 0.25) is 5.91 Å². The van der Waals surface area contributed by atoms with Gasteiger partial charge in [-0.1, -0.05) is 30.3 Å². The fourth-order valence-corrected chi connectivity index (χ4v) is 3.82. The van der Waals surface area contributed by atoms with Gasteiger partial charge < -0.3 is 14.8 Å². The van der Waals surface area contributed by atoms with Crippen molar-refractivity contribution in [1.82, 2.24) is 10.2 Å². The average molecular weight is 394 g/mol. The lowest BCUT2D eigenvalue weighted by Crippen LogP contribution is -2.37. The molecule has 0 radical (unpaired) electrons. The van der Waals surface area contributed by atoms with Crippen LogP contribution in [0.5, 0.6) is 11.5 Å². The van der Waals surface area contributed by atoms with E-state index in [4.69, 9.17) is 9.47 Å². The van der Waals surface area contributed by atoms with Gasteiger partial charge in [0, 0.05) is 44.1 Å². The first-order chi connectivity index (χ1) is 14.2. The second-order valence-corrected chi connectivity index (χ2v) is 7.56. The molecule has 1 amide bonds. The molecule has 1 saturated heterocycles.